The Labute approximate surface area is 189 Å². The predicted octanol–water partition coefficient (Wildman–Crippen LogP) is 5.08. The Hall–Kier alpha value is -2.12. The molecule has 1 aliphatic heterocycles. The Kier molecular flexibility index (Phi) is 6.58. The van der Waals surface area contributed by atoms with Crippen LogP contribution in [0.5, 0.6) is 5.75 Å². The molecule has 0 atom stereocenters. The van der Waals surface area contributed by atoms with Gasteiger partial charge in [-0.15, -0.1) is 11.3 Å². The van der Waals surface area contributed by atoms with Crippen LogP contribution in [0.1, 0.15) is 15.4 Å². The van der Waals surface area contributed by atoms with Crippen LogP contribution >= 0.6 is 34.5 Å². The summed E-state index contributed by atoms with van der Waals surface area (Å²) in [6, 6.07) is 12.8. The monoisotopic (exact) mass is 461 g/mol. The third-order valence-corrected chi connectivity index (χ3v) is 6.42. The summed E-state index contributed by atoms with van der Waals surface area (Å²) < 4.78 is 5.33. The Morgan fingerprint density at radius 1 is 1.07 bits per heavy atom. The third-order valence-electron chi connectivity index (χ3n) is 5.10. The molecule has 2 heterocycles. The molecule has 0 unspecified atom stereocenters. The van der Waals surface area contributed by atoms with Gasteiger partial charge in [-0.25, -0.2) is 4.98 Å². The van der Waals surface area contributed by atoms with Crippen LogP contribution in [-0.4, -0.2) is 54.0 Å². The molecule has 1 aromatic heterocycles. The highest BCUT2D eigenvalue weighted by atomic mass is 35.5. The number of halogens is 2. The molecule has 0 spiro atoms. The highest BCUT2D eigenvalue weighted by Gasteiger charge is 2.25. The first-order chi connectivity index (χ1) is 14.5. The molecule has 0 N–H and O–H groups in total. The van der Waals surface area contributed by atoms with Crippen LogP contribution in [0.15, 0.2) is 47.8 Å². The number of hydrogen-bond acceptors (Lipinski definition) is 5. The van der Waals surface area contributed by atoms with E-state index in [2.05, 4.69) is 10.3 Å². The van der Waals surface area contributed by atoms with E-state index in [1.807, 2.05) is 29.2 Å². The van der Waals surface area contributed by atoms with Crippen LogP contribution in [0.3, 0.4) is 0 Å². The maximum atomic E-state index is 12.9. The summed E-state index contributed by atoms with van der Waals surface area (Å²) in [4.78, 5) is 21.9. The van der Waals surface area contributed by atoms with E-state index < -0.39 is 0 Å². The number of ether oxygens (including phenoxy) is 1. The minimum Gasteiger partial charge on any atom is -0.496 e. The zero-order valence-electron chi connectivity index (χ0n) is 16.5. The fraction of sp³-hybridized carbons (Fsp3) is 0.273. The van der Waals surface area contributed by atoms with E-state index >= 15 is 0 Å². The molecular formula is C22H21Cl2N3O2S. The van der Waals surface area contributed by atoms with Crippen molar-refractivity contribution in [3.05, 3.63) is 68.5 Å². The summed E-state index contributed by atoms with van der Waals surface area (Å²) in [7, 11) is 1.56. The van der Waals surface area contributed by atoms with Gasteiger partial charge >= 0.3 is 0 Å². The molecule has 0 bridgehead atoms. The van der Waals surface area contributed by atoms with E-state index in [9.17, 15) is 4.79 Å². The van der Waals surface area contributed by atoms with E-state index in [-0.39, 0.29) is 5.91 Å². The van der Waals surface area contributed by atoms with Crippen LogP contribution in [0.2, 0.25) is 10.0 Å². The van der Waals surface area contributed by atoms with Crippen LogP contribution in [-0.2, 0) is 6.54 Å². The number of nitrogens with zero attached hydrogens (tertiary/aromatic N) is 3. The van der Waals surface area contributed by atoms with Crippen molar-refractivity contribution in [2.75, 3.05) is 33.3 Å². The number of methoxy groups -OCH3 is 1. The fourth-order valence-electron chi connectivity index (χ4n) is 3.45. The smallest absolute Gasteiger partial charge is 0.257 e. The fourth-order valence-corrected chi connectivity index (χ4v) is 4.60. The van der Waals surface area contributed by atoms with Gasteiger partial charge in [-0.2, -0.15) is 0 Å². The van der Waals surface area contributed by atoms with Gasteiger partial charge in [0, 0.05) is 47.2 Å². The summed E-state index contributed by atoms with van der Waals surface area (Å²) >= 11 is 13.7. The number of thiazole rings is 1. The molecular weight excluding hydrogens is 441 g/mol. The topological polar surface area (TPSA) is 45.7 Å². The Morgan fingerprint density at radius 3 is 2.47 bits per heavy atom. The number of amides is 1. The maximum Gasteiger partial charge on any atom is 0.257 e. The third kappa shape index (κ3) is 4.78. The number of piperazine rings is 1. The number of hydrogen-bond donors (Lipinski definition) is 0. The molecule has 1 fully saturated rings. The molecule has 1 aliphatic rings. The van der Waals surface area contributed by atoms with Gasteiger partial charge in [0.15, 0.2) is 0 Å². The lowest BCUT2D eigenvalue weighted by Gasteiger charge is -2.34. The van der Waals surface area contributed by atoms with Gasteiger partial charge in [-0.05, 0) is 30.3 Å². The van der Waals surface area contributed by atoms with Crippen LogP contribution < -0.4 is 4.74 Å². The highest BCUT2D eigenvalue weighted by molar-refractivity contribution is 7.09. The lowest BCUT2D eigenvalue weighted by Crippen LogP contribution is -2.48. The van der Waals surface area contributed by atoms with Crippen molar-refractivity contribution in [3.8, 4) is 17.0 Å². The van der Waals surface area contributed by atoms with Gasteiger partial charge in [0.25, 0.3) is 5.91 Å². The summed E-state index contributed by atoms with van der Waals surface area (Å²) in [6.07, 6.45) is 0. The first-order valence-corrected chi connectivity index (χ1v) is 11.2. The van der Waals surface area contributed by atoms with Gasteiger partial charge < -0.3 is 9.64 Å². The predicted molar refractivity (Wildman–Crippen MR) is 122 cm³/mol. The van der Waals surface area contributed by atoms with Crippen LogP contribution in [0.25, 0.3) is 11.3 Å². The first kappa shape index (κ1) is 21.1. The first-order valence-electron chi connectivity index (χ1n) is 9.59. The molecule has 30 heavy (non-hydrogen) atoms. The zero-order valence-corrected chi connectivity index (χ0v) is 18.8. The molecule has 3 aromatic rings. The molecule has 5 nitrogen and oxygen atoms in total. The van der Waals surface area contributed by atoms with Crippen molar-refractivity contribution in [2.24, 2.45) is 0 Å². The standard InChI is InChI=1S/C22H21Cl2N3O2S/c1-29-20-7-6-17(24)12-18(20)22(28)27-10-8-26(9-11-27)13-21-25-19(14-30-21)15-2-4-16(23)5-3-15/h2-7,12,14H,8-11,13H2,1H3. The average molecular weight is 462 g/mol. The Balaban J connectivity index is 1.36. The summed E-state index contributed by atoms with van der Waals surface area (Å²) in [5.74, 6) is 0.498. The second-order valence-corrected chi connectivity index (χ2v) is 8.86. The average Bonchev–Trinajstić information content (AvgIpc) is 3.22. The molecule has 0 radical (unpaired) electrons. The van der Waals surface area contributed by atoms with Crippen molar-refractivity contribution in [1.82, 2.24) is 14.8 Å². The van der Waals surface area contributed by atoms with Gasteiger partial charge in [0.1, 0.15) is 10.8 Å². The quantitative estimate of drug-likeness (QED) is 0.531. The van der Waals surface area contributed by atoms with Gasteiger partial charge in [-0.3, -0.25) is 9.69 Å². The normalized spacial score (nSPS) is 14.7. The molecule has 0 saturated carbocycles. The largest absolute Gasteiger partial charge is 0.496 e. The lowest BCUT2D eigenvalue weighted by molar-refractivity contribution is 0.0625. The van der Waals surface area contributed by atoms with Gasteiger partial charge in [-0.1, -0.05) is 35.3 Å². The van der Waals surface area contributed by atoms with Gasteiger partial charge in [0.2, 0.25) is 0 Å². The molecule has 4 rings (SSSR count). The molecule has 1 amide bonds. The second kappa shape index (κ2) is 9.35. The van der Waals surface area contributed by atoms with Crippen molar-refractivity contribution < 1.29 is 9.53 Å². The minimum atomic E-state index is -0.0479. The number of aromatic nitrogens is 1. The van der Waals surface area contributed by atoms with E-state index in [1.54, 1.807) is 36.6 Å². The van der Waals surface area contributed by atoms with Crippen molar-refractivity contribution in [3.63, 3.8) is 0 Å². The van der Waals surface area contributed by atoms with Crippen molar-refractivity contribution in [1.29, 1.82) is 0 Å². The Morgan fingerprint density at radius 2 is 1.77 bits per heavy atom. The number of carbonyl (C=O) groups is 1. The summed E-state index contributed by atoms with van der Waals surface area (Å²) in [5.41, 5.74) is 2.53. The molecule has 0 aliphatic carbocycles. The maximum absolute atomic E-state index is 12.9. The van der Waals surface area contributed by atoms with E-state index in [1.165, 1.54) is 0 Å². The zero-order chi connectivity index (χ0) is 21.1. The minimum absolute atomic E-state index is 0.0479. The lowest BCUT2D eigenvalue weighted by atomic mass is 10.1. The number of rotatable bonds is 5. The van der Waals surface area contributed by atoms with E-state index in [0.29, 0.717) is 29.4 Å². The van der Waals surface area contributed by atoms with Gasteiger partial charge in [0.05, 0.1) is 24.9 Å². The summed E-state index contributed by atoms with van der Waals surface area (Å²) in [6.45, 7) is 3.68. The molecule has 1 saturated heterocycles. The number of benzene rings is 2. The molecule has 2 aromatic carbocycles. The number of carbonyl (C=O) groups excluding carboxylic acids is 1. The molecule has 8 heteroatoms. The Bertz CT molecular complexity index is 1030. The summed E-state index contributed by atoms with van der Waals surface area (Å²) in [5, 5.41) is 4.38. The molecule has 156 valence electrons. The second-order valence-electron chi connectivity index (χ2n) is 7.05. The van der Waals surface area contributed by atoms with Crippen LogP contribution in [0, 0.1) is 0 Å². The van der Waals surface area contributed by atoms with Crippen molar-refractivity contribution in [2.45, 2.75) is 6.54 Å². The van der Waals surface area contributed by atoms with Crippen molar-refractivity contribution >= 4 is 40.4 Å². The van der Waals surface area contributed by atoms with E-state index in [4.69, 9.17) is 32.9 Å². The van der Waals surface area contributed by atoms with E-state index in [0.717, 1.165) is 40.9 Å². The highest BCUT2D eigenvalue weighted by Crippen LogP contribution is 2.26. The van der Waals surface area contributed by atoms with Crippen LogP contribution in [0.4, 0.5) is 0 Å². The SMILES string of the molecule is COc1ccc(Cl)cc1C(=O)N1CCN(Cc2nc(-c3ccc(Cl)cc3)cs2)CC1.